The van der Waals surface area contributed by atoms with Crippen molar-refractivity contribution in [1.29, 1.82) is 0 Å². The highest BCUT2D eigenvalue weighted by Crippen LogP contribution is 2.22. The minimum absolute atomic E-state index is 0. The molecular formula is C20H33IN4OS. The number of thioether (sulfide) groups is 1. The Morgan fingerprint density at radius 1 is 1.22 bits per heavy atom. The number of aliphatic imine (C=N–C) groups is 1. The van der Waals surface area contributed by atoms with Crippen LogP contribution in [0.2, 0.25) is 0 Å². The van der Waals surface area contributed by atoms with Crippen LogP contribution in [0.1, 0.15) is 50.2 Å². The summed E-state index contributed by atoms with van der Waals surface area (Å²) in [6, 6.07) is 6.77. The molecule has 0 atom stereocenters. The van der Waals surface area contributed by atoms with Crippen LogP contribution in [0.25, 0.3) is 0 Å². The van der Waals surface area contributed by atoms with E-state index in [2.05, 4.69) is 52.3 Å². The number of benzene rings is 1. The van der Waals surface area contributed by atoms with Crippen molar-refractivity contribution in [2.24, 2.45) is 4.99 Å². The maximum atomic E-state index is 12.2. The molecule has 0 saturated heterocycles. The van der Waals surface area contributed by atoms with Crippen molar-refractivity contribution in [1.82, 2.24) is 16.0 Å². The van der Waals surface area contributed by atoms with Gasteiger partial charge in [-0.1, -0.05) is 31.4 Å². The fraction of sp³-hybridized carbons (Fsp3) is 0.600. The van der Waals surface area contributed by atoms with E-state index in [9.17, 15) is 4.79 Å². The number of amides is 1. The maximum Gasteiger partial charge on any atom is 0.239 e. The van der Waals surface area contributed by atoms with E-state index in [1.807, 2.05) is 6.92 Å². The molecule has 1 fully saturated rings. The monoisotopic (exact) mass is 504 g/mol. The van der Waals surface area contributed by atoms with Gasteiger partial charge in [0.05, 0.1) is 13.1 Å². The number of carbonyl (C=O) groups is 1. The normalized spacial score (nSPS) is 15.0. The van der Waals surface area contributed by atoms with E-state index in [1.165, 1.54) is 35.3 Å². The molecule has 0 unspecified atom stereocenters. The molecule has 5 nitrogen and oxygen atoms in total. The zero-order valence-corrected chi connectivity index (χ0v) is 19.8. The van der Waals surface area contributed by atoms with Crippen molar-refractivity contribution >= 4 is 47.6 Å². The Bertz CT molecular complexity index is 618. The lowest BCUT2D eigenvalue weighted by molar-refractivity contribution is -0.120. The number of guanidine groups is 1. The highest BCUT2D eigenvalue weighted by molar-refractivity contribution is 14.0. The van der Waals surface area contributed by atoms with E-state index in [1.54, 1.807) is 11.8 Å². The second kappa shape index (κ2) is 13.3. The van der Waals surface area contributed by atoms with Crippen LogP contribution in [0.5, 0.6) is 0 Å². The third-order valence-electron chi connectivity index (χ3n) is 4.58. The number of rotatable bonds is 7. The Kier molecular flexibility index (Phi) is 11.8. The topological polar surface area (TPSA) is 65.5 Å². The molecular weight excluding hydrogens is 471 g/mol. The summed E-state index contributed by atoms with van der Waals surface area (Å²) in [6.45, 7) is 5.74. The van der Waals surface area contributed by atoms with Crippen LogP contribution < -0.4 is 16.0 Å². The van der Waals surface area contributed by atoms with Gasteiger partial charge in [-0.25, -0.2) is 4.99 Å². The molecule has 1 aromatic carbocycles. The lowest BCUT2D eigenvalue weighted by atomic mass is 9.95. The number of nitrogens with one attached hydrogen (secondary N) is 3. The molecule has 0 radical (unpaired) electrons. The van der Waals surface area contributed by atoms with Crippen molar-refractivity contribution in [3.8, 4) is 0 Å². The summed E-state index contributed by atoms with van der Waals surface area (Å²) in [7, 11) is 0. The van der Waals surface area contributed by atoms with E-state index in [0.717, 1.165) is 19.4 Å². The molecule has 3 N–H and O–H groups in total. The summed E-state index contributed by atoms with van der Waals surface area (Å²) in [6.07, 6.45) is 8.02. The minimum atomic E-state index is 0. The first-order chi connectivity index (χ1) is 12.6. The zero-order valence-electron chi connectivity index (χ0n) is 16.6. The zero-order chi connectivity index (χ0) is 18.8. The number of carbonyl (C=O) groups excluding carboxylic acids is 1. The lowest BCUT2D eigenvalue weighted by Crippen LogP contribution is -2.46. The van der Waals surface area contributed by atoms with E-state index in [4.69, 9.17) is 0 Å². The molecule has 7 heteroatoms. The molecule has 0 aromatic heterocycles. The first kappa shape index (κ1) is 24.1. The minimum Gasteiger partial charge on any atom is -0.357 e. The van der Waals surface area contributed by atoms with Gasteiger partial charge in [0.15, 0.2) is 5.96 Å². The number of hydrogen-bond donors (Lipinski definition) is 3. The molecule has 1 aliphatic carbocycles. The van der Waals surface area contributed by atoms with Gasteiger partial charge in [0.25, 0.3) is 0 Å². The predicted molar refractivity (Wildman–Crippen MR) is 126 cm³/mol. The summed E-state index contributed by atoms with van der Waals surface area (Å²) < 4.78 is 0. The Hall–Kier alpha value is -0.960. The Balaban J connectivity index is 0.00000364. The van der Waals surface area contributed by atoms with Gasteiger partial charge < -0.3 is 16.0 Å². The molecule has 152 valence electrons. The molecule has 0 heterocycles. The summed E-state index contributed by atoms with van der Waals surface area (Å²) in [5.41, 5.74) is 2.46. The fourth-order valence-electron chi connectivity index (χ4n) is 3.18. The third kappa shape index (κ3) is 8.72. The summed E-state index contributed by atoms with van der Waals surface area (Å²) >= 11 is 1.74. The maximum absolute atomic E-state index is 12.2. The molecule has 1 aromatic rings. The third-order valence-corrected chi connectivity index (χ3v) is 5.40. The molecule has 1 aliphatic rings. The van der Waals surface area contributed by atoms with Gasteiger partial charge in [-0.3, -0.25) is 4.79 Å². The van der Waals surface area contributed by atoms with Gasteiger partial charge in [-0.15, -0.1) is 35.7 Å². The Morgan fingerprint density at radius 2 is 1.96 bits per heavy atom. The van der Waals surface area contributed by atoms with Crippen LogP contribution in [-0.4, -0.2) is 37.3 Å². The quantitative estimate of drug-likeness (QED) is 0.229. The van der Waals surface area contributed by atoms with Crippen LogP contribution in [0.3, 0.4) is 0 Å². The molecule has 0 bridgehead atoms. The average molecular weight is 504 g/mol. The molecule has 2 rings (SSSR count). The molecule has 27 heavy (non-hydrogen) atoms. The van der Waals surface area contributed by atoms with Crippen molar-refractivity contribution in [2.75, 3.05) is 19.3 Å². The first-order valence-electron chi connectivity index (χ1n) is 9.57. The van der Waals surface area contributed by atoms with Gasteiger partial charge in [-0.2, -0.15) is 0 Å². The van der Waals surface area contributed by atoms with Crippen molar-refractivity contribution < 1.29 is 4.79 Å². The van der Waals surface area contributed by atoms with Crippen LogP contribution in [0.15, 0.2) is 28.1 Å². The number of nitrogens with zero attached hydrogens (tertiary/aromatic N) is 1. The number of halogens is 1. The average Bonchev–Trinajstić information content (AvgIpc) is 2.65. The van der Waals surface area contributed by atoms with Gasteiger partial charge in [-0.05, 0) is 50.1 Å². The van der Waals surface area contributed by atoms with E-state index in [0.29, 0.717) is 18.5 Å². The predicted octanol–water partition coefficient (Wildman–Crippen LogP) is 3.84. The molecule has 0 aliphatic heterocycles. The van der Waals surface area contributed by atoms with Crippen molar-refractivity contribution in [3.05, 3.63) is 29.3 Å². The van der Waals surface area contributed by atoms with Crippen molar-refractivity contribution in [3.63, 3.8) is 0 Å². The van der Waals surface area contributed by atoms with Crippen molar-refractivity contribution in [2.45, 2.75) is 63.4 Å². The second-order valence-electron chi connectivity index (χ2n) is 6.77. The summed E-state index contributed by atoms with van der Waals surface area (Å²) in [5.74, 6) is 0.724. The molecule has 1 saturated carbocycles. The second-order valence-corrected chi connectivity index (χ2v) is 7.61. The smallest absolute Gasteiger partial charge is 0.239 e. The van der Waals surface area contributed by atoms with Gasteiger partial charge >= 0.3 is 0 Å². The van der Waals surface area contributed by atoms with E-state index in [-0.39, 0.29) is 36.4 Å². The van der Waals surface area contributed by atoms with Gasteiger partial charge in [0.2, 0.25) is 5.91 Å². The van der Waals surface area contributed by atoms with Gasteiger partial charge in [0.1, 0.15) is 0 Å². The van der Waals surface area contributed by atoms with Crippen LogP contribution in [0.4, 0.5) is 0 Å². The Morgan fingerprint density at radius 3 is 2.63 bits per heavy atom. The van der Waals surface area contributed by atoms with Crippen LogP contribution in [0, 0.1) is 6.92 Å². The standard InChI is InChI=1S/C20H32N4OS.HI/c1-4-21-20(22-13-16-11-10-15(2)12-18(16)26-3)23-14-19(25)24-17-8-6-5-7-9-17;/h10-12,17H,4-9,13-14H2,1-3H3,(H,24,25)(H2,21,22,23);1H. The molecule has 0 spiro atoms. The van der Waals surface area contributed by atoms with Gasteiger partial charge in [0, 0.05) is 17.5 Å². The summed E-state index contributed by atoms with van der Waals surface area (Å²) in [4.78, 5) is 18.1. The van der Waals surface area contributed by atoms with E-state index >= 15 is 0 Å². The van der Waals surface area contributed by atoms with Crippen LogP contribution >= 0.6 is 35.7 Å². The molecule has 1 amide bonds. The highest BCUT2D eigenvalue weighted by Gasteiger charge is 2.15. The number of hydrogen-bond acceptors (Lipinski definition) is 3. The number of aryl methyl sites for hydroxylation is 1. The Labute approximate surface area is 185 Å². The lowest BCUT2D eigenvalue weighted by Gasteiger charge is -2.23. The van der Waals surface area contributed by atoms with Crippen LogP contribution in [-0.2, 0) is 11.3 Å². The SMILES string of the molecule is CCNC(=NCc1ccc(C)cc1SC)NCC(=O)NC1CCCCC1.I. The first-order valence-corrected chi connectivity index (χ1v) is 10.8. The highest BCUT2D eigenvalue weighted by atomic mass is 127. The summed E-state index contributed by atoms with van der Waals surface area (Å²) in [5, 5.41) is 9.49. The van der Waals surface area contributed by atoms with E-state index < -0.39 is 0 Å². The largest absolute Gasteiger partial charge is 0.357 e. The fourth-order valence-corrected chi connectivity index (χ4v) is 3.88.